The summed E-state index contributed by atoms with van der Waals surface area (Å²) in [5, 5.41) is 6.51. The van der Waals surface area contributed by atoms with E-state index in [1.165, 1.54) is 60.7 Å². The second-order valence-corrected chi connectivity index (χ2v) is 10.3. The number of esters is 2. The molecule has 2 amide bonds. The summed E-state index contributed by atoms with van der Waals surface area (Å²) in [7, 11) is 0. The minimum absolute atomic E-state index is 0.00952. The predicted molar refractivity (Wildman–Crippen MR) is 164 cm³/mol. The highest BCUT2D eigenvalue weighted by atomic mass is 35.5. The monoisotopic (exact) mass is 660 g/mol. The van der Waals surface area contributed by atoms with Gasteiger partial charge in [0.1, 0.15) is 11.5 Å². The van der Waals surface area contributed by atoms with Gasteiger partial charge in [-0.15, -0.1) is 0 Å². The van der Waals surface area contributed by atoms with Crippen molar-refractivity contribution in [2.75, 3.05) is 23.8 Å². The molecule has 0 aliphatic carbocycles. The average Bonchev–Trinajstić information content (AvgIpc) is 2.96. The zero-order valence-corrected chi connectivity index (χ0v) is 24.9. The van der Waals surface area contributed by atoms with Crippen LogP contribution in [-0.2, 0) is 14.3 Å². The smallest absolute Gasteiger partial charge is 0.346 e. The minimum Gasteiger partial charge on any atom is -0.482 e. The van der Waals surface area contributed by atoms with Crippen molar-refractivity contribution in [3.05, 3.63) is 116 Å². The van der Waals surface area contributed by atoms with Gasteiger partial charge in [-0.3, -0.25) is 9.59 Å². The van der Waals surface area contributed by atoms with E-state index in [0.29, 0.717) is 10.0 Å². The van der Waals surface area contributed by atoms with E-state index in [0.717, 1.165) is 0 Å². The number of nitrogens with one attached hydrogen (secondary N) is 2. The fraction of sp³-hybridized carbons (Fsp3) is 0.0667. The third-order valence-corrected chi connectivity index (χ3v) is 6.52. The van der Waals surface area contributed by atoms with Crippen molar-refractivity contribution in [3.63, 3.8) is 0 Å². The molecule has 2 N–H and O–H groups in total. The molecular weight excluding hydrogens is 642 g/mol. The third-order valence-electron chi connectivity index (χ3n) is 5.45. The topological polar surface area (TPSA) is 120 Å². The number of rotatable bonds is 10. The first-order valence-corrected chi connectivity index (χ1v) is 13.8. The first kappa shape index (κ1) is 31.7. The maximum absolute atomic E-state index is 12.7. The van der Waals surface area contributed by atoms with Crippen molar-refractivity contribution in [1.29, 1.82) is 0 Å². The van der Waals surface area contributed by atoms with Crippen LogP contribution >= 0.6 is 46.4 Å². The van der Waals surface area contributed by atoms with Gasteiger partial charge in [0.2, 0.25) is 0 Å². The Morgan fingerprint density at radius 2 is 0.977 bits per heavy atom. The molecule has 0 saturated carbocycles. The molecule has 13 heteroatoms. The molecule has 0 unspecified atom stereocenters. The molecule has 220 valence electrons. The number of halogens is 4. The van der Waals surface area contributed by atoms with Gasteiger partial charge in [-0.2, -0.15) is 0 Å². The van der Waals surface area contributed by atoms with E-state index in [9.17, 15) is 19.2 Å². The Balaban J connectivity index is 1.30. The molecule has 0 aliphatic heterocycles. The van der Waals surface area contributed by atoms with E-state index in [1.54, 1.807) is 24.3 Å². The van der Waals surface area contributed by atoms with E-state index in [-0.39, 0.29) is 57.3 Å². The van der Waals surface area contributed by atoms with Crippen LogP contribution in [0.3, 0.4) is 0 Å². The Bertz CT molecular complexity index is 1570. The summed E-state index contributed by atoms with van der Waals surface area (Å²) >= 11 is 23.8. The largest absolute Gasteiger partial charge is 0.482 e. The van der Waals surface area contributed by atoms with Gasteiger partial charge in [0.05, 0.1) is 21.2 Å². The Hall–Kier alpha value is -4.28. The second kappa shape index (κ2) is 14.8. The lowest BCUT2D eigenvalue weighted by Gasteiger charge is -2.10. The lowest BCUT2D eigenvalue weighted by molar-refractivity contribution is -0.118. The molecule has 0 radical (unpaired) electrons. The molecule has 0 bridgehead atoms. The highest BCUT2D eigenvalue weighted by Gasteiger charge is 2.17. The molecule has 9 nitrogen and oxygen atoms in total. The van der Waals surface area contributed by atoms with E-state index in [1.807, 2.05) is 0 Å². The van der Waals surface area contributed by atoms with E-state index in [2.05, 4.69) is 10.6 Å². The SMILES string of the molecule is O=C(COc1ccc(Cl)cc1Cl)Nc1cccc(C(=O)OC(=O)c2cccc(NC(=O)COc3ccc(Cl)cc3Cl)c2)c1. The Morgan fingerprint density at radius 1 is 0.558 bits per heavy atom. The average molecular weight is 662 g/mol. The van der Waals surface area contributed by atoms with E-state index >= 15 is 0 Å². The molecule has 0 fully saturated rings. The van der Waals surface area contributed by atoms with Gasteiger partial charge < -0.3 is 24.8 Å². The number of anilines is 2. The van der Waals surface area contributed by atoms with Crippen LogP contribution < -0.4 is 20.1 Å². The zero-order valence-electron chi connectivity index (χ0n) is 21.9. The summed E-state index contributed by atoms with van der Waals surface area (Å²) in [4.78, 5) is 50.0. The van der Waals surface area contributed by atoms with Crippen molar-refractivity contribution < 1.29 is 33.4 Å². The Morgan fingerprint density at radius 3 is 1.37 bits per heavy atom. The maximum atomic E-state index is 12.7. The fourth-order valence-corrected chi connectivity index (χ4v) is 4.44. The Kier molecular flexibility index (Phi) is 10.9. The standard InChI is InChI=1S/C30H20Cl4N2O7/c31-19-7-9-25(23(33)13-19)41-15-27(37)35-21-5-1-3-17(11-21)29(39)43-30(40)18-4-2-6-22(12-18)36-28(38)16-42-26-10-8-20(32)14-24(26)34/h1-14H,15-16H2,(H,35,37)(H,36,38). The number of carbonyl (C=O) groups is 4. The number of hydrogen-bond donors (Lipinski definition) is 2. The Labute approximate surface area is 265 Å². The molecule has 0 aliphatic rings. The number of benzene rings is 4. The van der Waals surface area contributed by atoms with E-state index < -0.39 is 23.8 Å². The number of carbonyl (C=O) groups excluding carboxylic acids is 4. The lowest BCUT2D eigenvalue weighted by atomic mass is 10.2. The van der Waals surface area contributed by atoms with Gasteiger partial charge in [0.25, 0.3) is 11.8 Å². The van der Waals surface area contributed by atoms with Gasteiger partial charge in [-0.25, -0.2) is 9.59 Å². The summed E-state index contributed by atoms with van der Waals surface area (Å²) in [5.74, 6) is -2.39. The van der Waals surface area contributed by atoms with Crippen LogP contribution in [0.4, 0.5) is 11.4 Å². The fourth-order valence-electron chi connectivity index (χ4n) is 3.52. The first-order valence-electron chi connectivity index (χ1n) is 12.3. The second-order valence-electron chi connectivity index (χ2n) is 8.66. The van der Waals surface area contributed by atoms with Crippen LogP contribution in [0.1, 0.15) is 20.7 Å². The molecule has 43 heavy (non-hydrogen) atoms. The summed E-state index contributed by atoms with van der Waals surface area (Å²) < 4.78 is 15.8. The van der Waals surface area contributed by atoms with Gasteiger partial charge in [0.15, 0.2) is 13.2 Å². The molecule has 0 heterocycles. The number of hydrogen-bond acceptors (Lipinski definition) is 7. The first-order chi connectivity index (χ1) is 20.6. The van der Waals surface area contributed by atoms with Crippen molar-refractivity contribution in [2.45, 2.75) is 0 Å². The molecule has 0 atom stereocenters. The molecular formula is C30H20Cl4N2O7. The summed E-state index contributed by atoms with van der Waals surface area (Å²) in [6, 6.07) is 20.8. The van der Waals surface area contributed by atoms with Crippen LogP contribution in [0.15, 0.2) is 84.9 Å². The van der Waals surface area contributed by atoms with Crippen LogP contribution in [0.2, 0.25) is 20.1 Å². The van der Waals surface area contributed by atoms with Crippen molar-refractivity contribution in [3.8, 4) is 11.5 Å². The van der Waals surface area contributed by atoms with E-state index in [4.69, 9.17) is 60.6 Å². The number of ether oxygens (including phenoxy) is 3. The maximum Gasteiger partial charge on any atom is 0.346 e. The summed E-state index contributed by atoms with van der Waals surface area (Å²) in [5.41, 5.74) is 0.555. The third kappa shape index (κ3) is 9.36. The van der Waals surface area contributed by atoms with Crippen molar-refractivity contribution in [1.82, 2.24) is 0 Å². The molecule has 0 aromatic heterocycles. The van der Waals surface area contributed by atoms with Crippen molar-refractivity contribution >= 4 is 81.5 Å². The highest BCUT2D eigenvalue weighted by Crippen LogP contribution is 2.28. The summed E-state index contributed by atoms with van der Waals surface area (Å²) in [6.07, 6.45) is 0. The van der Waals surface area contributed by atoms with Crippen LogP contribution in [-0.4, -0.2) is 37.0 Å². The zero-order chi connectivity index (χ0) is 30.9. The number of amides is 2. The summed E-state index contributed by atoms with van der Waals surface area (Å²) in [6.45, 7) is -0.717. The van der Waals surface area contributed by atoms with Crippen molar-refractivity contribution in [2.24, 2.45) is 0 Å². The molecule has 4 rings (SSSR count). The molecule has 4 aromatic rings. The molecule has 4 aromatic carbocycles. The highest BCUT2D eigenvalue weighted by molar-refractivity contribution is 6.36. The van der Waals surface area contributed by atoms with Gasteiger partial charge in [-0.05, 0) is 72.8 Å². The molecule has 0 saturated heterocycles. The van der Waals surface area contributed by atoms with Gasteiger partial charge in [-0.1, -0.05) is 58.5 Å². The van der Waals surface area contributed by atoms with Gasteiger partial charge >= 0.3 is 11.9 Å². The predicted octanol–water partition coefficient (Wildman–Crippen LogP) is 7.33. The lowest BCUT2D eigenvalue weighted by Crippen LogP contribution is -2.21. The quantitative estimate of drug-likeness (QED) is 0.135. The minimum atomic E-state index is -0.951. The van der Waals surface area contributed by atoms with Crippen LogP contribution in [0.25, 0.3) is 0 Å². The van der Waals surface area contributed by atoms with Crippen LogP contribution in [0, 0.1) is 0 Å². The molecule has 0 spiro atoms. The van der Waals surface area contributed by atoms with Crippen LogP contribution in [0.5, 0.6) is 11.5 Å². The normalized spacial score (nSPS) is 10.4. The van der Waals surface area contributed by atoms with Gasteiger partial charge in [0, 0.05) is 21.4 Å².